The van der Waals surface area contributed by atoms with Crippen molar-refractivity contribution in [2.45, 2.75) is 59.6 Å². The number of amides is 2. The van der Waals surface area contributed by atoms with Gasteiger partial charge < -0.3 is 24.8 Å². The molecule has 1 unspecified atom stereocenters. The number of carbonyl (C=O) groups is 1. The molecule has 0 heterocycles. The highest BCUT2D eigenvalue weighted by Gasteiger charge is 2.12. The molecule has 7 nitrogen and oxygen atoms in total. The summed E-state index contributed by atoms with van der Waals surface area (Å²) in [7, 11) is 4.91. The standard InChI is InChI=1S/C26H43N3O4/c1-9-14-29(18-23-11-12-25(33-8)22(5)21(23)4)15-10-13-27-26(30)28-19(2)16-24(32-7)17-20(3)31-6/h11-12,16,24H,3,9-10,13-15,17-18H2,1-2,4-8H3,(H2,27,28,30)/b19-16+. The zero-order valence-corrected chi connectivity index (χ0v) is 21.5. The van der Waals surface area contributed by atoms with Crippen LogP contribution in [0.1, 0.15) is 49.8 Å². The van der Waals surface area contributed by atoms with Gasteiger partial charge in [-0.15, -0.1) is 0 Å². The highest BCUT2D eigenvalue weighted by atomic mass is 16.5. The van der Waals surface area contributed by atoms with Gasteiger partial charge in [0.2, 0.25) is 0 Å². The molecular formula is C26H43N3O4. The quantitative estimate of drug-likeness (QED) is 0.293. The smallest absolute Gasteiger partial charge is 0.318 e. The number of ether oxygens (including phenoxy) is 3. The Bertz CT molecular complexity index is 792. The van der Waals surface area contributed by atoms with Crippen LogP contribution >= 0.6 is 0 Å². The molecule has 0 aromatic heterocycles. The molecule has 7 heteroatoms. The summed E-state index contributed by atoms with van der Waals surface area (Å²) in [6, 6.07) is 3.98. The predicted octanol–water partition coefficient (Wildman–Crippen LogP) is 4.68. The Balaban J connectivity index is 2.51. The number of hydrogen-bond donors (Lipinski definition) is 2. The topological polar surface area (TPSA) is 72.1 Å². The van der Waals surface area contributed by atoms with E-state index in [0.717, 1.165) is 43.9 Å². The van der Waals surface area contributed by atoms with Gasteiger partial charge in [0.05, 0.1) is 26.1 Å². The van der Waals surface area contributed by atoms with Crippen molar-refractivity contribution >= 4 is 6.03 Å². The molecule has 0 aliphatic carbocycles. The molecule has 186 valence electrons. The Kier molecular flexibility index (Phi) is 13.3. The Morgan fingerprint density at radius 2 is 1.91 bits per heavy atom. The van der Waals surface area contributed by atoms with Gasteiger partial charge in [0.15, 0.2) is 0 Å². The molecule has 0 saturated carbocycles. The van der Waals surface area contributed by atoms with E-state index in [9.17, 15) is 4.79 Å². The van der Waals surface area contributed by atoms with Crippen molar-refractivity contribution in [1.82, 2.24) is 15.5 Å². The first kappa shape index (κ1) is 28.5. The maximum absolute atomic E-state index is 12.2. The third-order valence-electron chi connectivity index (χ3n) is 5.71. The van der Waals surface area contributed by atoms with Crippen LogP contribution in [0.25, 0.3) is 0 Å². The van der Waals surface area contributed by atoms with E-state index >= 15 is 0 Å². The van der Waals surface area contributed by atoms with E-state index in [2.05, 4.69) is 49.0 Å². The number of benzene rings is 1. The van der Waals surface area contributed by atoms with Crippen LogP contribution < -0.4 is 15.4 Å². The maximum Gasteiger partial charge on any atom is 0.318 e. The van der Waals surface area contributed by atoms with Gasteiger partial charge in [0.1, 0.15) is 5.75 Å². The first-order chi connectivity index (χ1) is 15.7. The lowest BCUT2D eigenvalue weighted by atomic mass is 10.0. The van der Waals surface area contributed by atoms with Gasteiger partial charge in [-0.2, -0.15) is 0 Å². The number of carbonyl (C=O) groups excluding carboxylic acids is 1. The Morgan fingerprint density at radius 1 is 1.18 bits per heavy atom. The highest BCUT2D eigenvalue weighted by Crippen LogP contribution is 2.25. The van der Waals surface area contributed by atoms with Crippen molar-refractivity contribution in [3.63, 3.8) is 0 Å². The summed E-state index contributed by atoms with van der Waals surface area (Å²) in [5.41, 5.74) is 4.51. The third kappa shape index (κ3) is 10.3. The van der Waals surface area contributed by atoms with Gasteiger partial charge in [-0.05, 0) is 69.0 Å². The molecule has 1 atom stereocenters. The molecule has 1 aromatic carbocycles. The Hall–Kier alpha value is -2.51. The molecule has 2 amide bonds. The second kappa shape index (κ2) is 15.3. The lowest BCUT2D eigenvalue weighted by Crippen LogP contribution is -2.36. The molecule has 0 radical (unpaired) electrons. The van der Waals surface area contributed by atoms with Crippen molar-refractivity contribution < 1.29 is 19.0 Å². The number of hydrogen-bond acceptors (Lipinski definition) is 5. The lowest BCUT2D eigenvalue weighted by Gasteiger charge is -2.24. The minimum Gasteiger partial charge on any atom is -0.502 e. The zero-order chi connectivity index (χ0) is 24.8. The molecule has 0 spiro atoms. The summed E-state index contributed by atoms with van der Waals surface area (Å²) < 4.78 is 15.9. The van der Waals surface area contributed by atoms with Gasteiger partial charge in [-0.25, -0.2) is 4.79 Å². The molecule has 0 aliphatic rings. The fraction of sp³-hybridized carbons (Fsp3) is 0.577. The first-order valence-corrected chi connectivity index (χ1v) is 11.6. The van der Waals surface area contributed by atoms with Gasteiger partial charge in [0.25, 0.3) is 0 Å². The summed E-state index contributed by atoms with van der Waals surface area (Å²) >= 11 is 0. The van der Waals surface area contributed by atoms with Crippen LogP contribution in [0, 0.1) is 13.8 Å². The van der Waals surface area contributed by atoms with Crippen LogP contribution in [-0.2, 0) is 16.0 Å². The summed E-state index contributed by atoms with van der Waals surface area (Å²) in [5, 5.41) is 5.79. The highest BCUT2D eigenvalue weighted by molar-refractivity contribution is 5.75. The van der Waals surface area contributed by atoms with Crippen molar-refractivity contribution in [3.8, 4) is 5.75 Å². The molecular weight excluding hydrogens is 418 g/mol. The number of allylic oxidation sites excluding steroid dienone is 1. The van der Waals surface area contributed by atoms with Crippen molar-refractivity contribution in [3.05, 3.63) is 52.9 Å². The average molecular weight is 462 g/mol. The van der Waals surface area contributed by atoms with Crippen molar-refractivity contribution in [2.75, 3.05) is 41.0 Å². The molecule has 0 saturated heterocycles. The van der Waals surface area contributed by atoms with Crippen LogP contribution in [0.3, 0.4) is 0 Å². The summed E-state index contributed by atoms with van der Waals surface area (Å²) in [4.78, 5) is 14.7. The minimum atomic E-state index is -0.215. The molecule has 2 N–H and O–H groups in total. The van der Waals surface area contributed by atoms with Crippen molar-refractivity contribution in [2.24, 2.45) is 0 Å². The SMILES string of the molecule is C=C(CC(/C=C(\C)NC(=O)NCCCN(CCC)Cc1ccc(OC)c(C)c1C)OC)OC. The largest absolute Gasteiger partial charge is 0.502 e. The monoisotopic (exact) mass is 461 g/mol. The van der Waals surface area contributed by atoms with E-state index in [-0.39, 0.29) is 12.1 Å². The van der Waals surface area contributed by atoms with E-state index < -0.39 is 0 Å². The number of urea groups is 1. The lowest BCUT2D eigenvalue weighted by molar-refractivity contribution is 0.123. The fourth-order valence-corrected chi connectivity index (χ4v) is 3.64. The van der Waals surface area contributed by atoms with Crippen LogP contribution in [-0.4, -0.2) is 58.0 Å². The van der Waals surface area contributed by atoms with Crippen LogP contribution in [0.4, 0.5) is 4.79 Å². The van der Waals surface area contributed by atoms with Gasteiger partial charge in [0, 0.05) is 38.9 Å². The first-order valence-electron chi connectivity index (χ1n) is 11.6. The fourth-order valence-electron chi connectivity index (χ4n) is 3.64. The second-order valence-electron chi connectivity index (χ2n) is 8.26. The average Bonchev–Trinajstić information content (AvgIpc) is 2.79. The number of nitrogens with one attached hydrogen (secondary N) is 2. The van der Waals surface area contributed by atoms with Crippen LogP contribution in [0.5, 0.6) is 5.75 Å². The number of methoxy groups -OCH3 is 3. The number of nitrogens with zero attached hydrogens (tertiary/aromatic N) is 1. The van der Waals surface area contributed by atoms with Gasteiger partial charge >= 0.3 is 6.03 Å². The predicted molar refractivity (Wildman–Crippen MR) is 135 cm³/mol. The van der Waals surface area contributed by atoms with E-state index in [4.69, 9.17) is 14.2 Å². The van der Waals surface area contributed by atoms with Gasteiger partial charge in [-0.1, -0.05) is 19.6 Å². The second-order valence-corrected chi connectivity index (χ2v) is 8.26. The molecule has 0 fully saturated rings. The van der Waals surface area contributed by atoms with E-state index in [1.807, 2.05) is 19.1 Å². The maximum atomic E-state index is 12.2. The Morgan fingerprint density at radius 3 is 2.52 bits per heavy atom. The molecule has 0 aliphatic heterocycles. The molecule has 1 rings (SSSR count). The summed E-state index contributed by atoms with van der Waals surface area (Å²) in [5.74, 6) is 1.56. The van der Waals surface area contributed by atoms with E-state index in [1.54, 1.807) is 21.3 Å². The molecule has 0 bridgehead atoms. The van der Waals surface area contributed by atoms with Crippen LogP contribution in [0.2, 0.25) is 0 Å². The summed E-state index contributed by atoms with van der Waals surface area (Å²) in [6.07, 6.45) is 4.14. The Labute approximate surface area is 200 Å². The van der Waals surface area contributed by atoms with E-state index in [1.165, 1.54) is 16.7 Å². The summed E-state index contributed by atoms with van der Waals surface area (Å²) in [6.45, 7) is 15.5. The zero-order valence-electron chi connectivity index (χ0n) is 21.5. The molecule has 33 heavy (non-hydrogen) atoms. The molecule has 1 aromatic rings. The number of rotatable bonds is 15. The van der Waals surface area contributed by atoms with Gasteiger partial charge in [-0.3, -0.25) is 4.90 Å². The van der Waals surface area contributed by atoms with Crippen LogP contribution in [0.15, 0.2) is 36.2 Å². The van der Waals surface area contributed by atoms with Crippen molar-refractivity contribution in [1.29, 1.82) is 0 Å². The normalized spacial score (nSPS) is 12.4. The van der Waals surface area contributed by atoms with E-state index in [0.29, 0.717) is 18.7 Å². The third-order valence-corrected chi connectivity index (χ3v) is 5.71. The minimum absolute atomic E-state index is 0.203.